The molecule has 0 bridgehead atoms. The van der Waals surface area contributed by atoms with Gasteiger partial charge < -0.3 is 5.32 Å². The van der Waals surface area contributed by atoms with E-state index in [-0.39, 0.29) is 37.3 Å². The van der Waals surface area contributed by atoms with Crippen molar-refractivity contribution >= 4 is 18.3 Å². The zero-order valence-electron chi connectivity index (χ0n) is 8.97. The molecule has 94 valence electrons. The Bertz CT molecular complexity index is 257. The first-order chi connectivity index (χ1) is 7.07. The lowest BCUT2D eigenvalue weighted by Gasteiger charge is -2.15. The number of amides is 1. The third-order valence-electron chi connectivity index (χ3n) is 3.13. The van der Waals surface area contributed by atoms with E-state index in [1.165, 1.54) is 0 Å². The Morgan fingerprint density at radius 1 is 1.31 bits per heavy atom. The molecule has 0 spiro atoms. The summed E-state index contributed by atoms with van der Waals surface area (Å²) in [7, 11) is 0. The van der Waals surface area contributed by atoms with Crippen LogP contribution in [0.1, 0.15) is 32.1 Å². The minimum atomic E-state index is -2.72. The zero-order chi connectivity index (χ0) is 10.9. The number of carbonyl (C=O) groups is 1. The smallest absolute Gasteiger partial charge is 0.262 e. The van der Waals surface area contributed by atoms with E-state index < -0.39 is 12.0 Å². The quantitative estimate of drug-likeness (QED) is 0.784. The summed E-state index contributed by atoms with van der Waals surface area (Å²) in [6.07, 6.45) is 3.84. The standard InChI is InChI=1S/C10H16F2N2O.ClH/c11-10(12)5-8(13-6-10)9(15)14-7-3-1-2-4-7;/h7-8,13H,1-6H2,(H,14,15);1H. The van der Waals surface area contributed by atoms with Crippen molar-refractivity contribution in [2.45, 2.75) is 50.1 Å². The minimum Gasteiger partial charge on any atom is -0.352 e. The summed E-state index contributed by atoms with van der Waals surface area (Å²) in [5.74, 6) is -2.99. The molecule has 1 saturated carbocycles. The van der Waals surface area contributed by atoms with Gasteiger partial charge in [0.25, 0.3) is 5.92 Å². The van der Waals surface area contributed by atoms with Gasteiger partial charge in [-0.15, -0.1) is 12.4 Å². The molecule has 1 atom stereocenters. The maximum Gasteiger partial charge on any atom is 0.262 e. The van der Waals surface area contributed by atoms with Crippen LogP contribution in [-0.2, 0) is 4.79 Å². The first kappa shape index (κ1) is 13.6. The van der Waals surface area contributed by atoms with Crippen molar-refractivity contribution in [1.82, 2.24) is 10.6 Å². The van der Waals surface area contributed by atoms with E-state index in [4.69, 9.17) is 0 Å². The molecule has 1 unspecified atom stereocenters. The van der Waals surface area contributed by atoms with Gasteiger partial charge in [0.05, 0.1) is 12.6 Å². The third-order valence-corrected chi connectivity index (χ3v) is 3.13. The Morgan fingerprint density at radius 2 is 1.94 bits per heavy atom. The predicted octanol–water partition coefficient (Wildman–Crippen LogP) is 1.46. The van der Waals surface area contributed by atoms with E-state index in [0.29, 0.717) is 0 Å². The number of alkyl halides is 2. The second kappa shape index (κ2) is 5.27. The van der Waals surface area contributed by atoms with Gasteiger partial charge in [-0.25, -0.2) is 8.78 Å². The van der Waals surface area contributed by atoms with E-state index in [2.05, 4.69) is 10.6 Å². The highest BCUT2D eigenvalue weighted by molar-refractivity contribution is 5.85. The van der Waals surface area contributed by atoms with E-state index >= 15 is 0 Å². The third kappa shape index (κ3) is 3.28. The summed E-state index contributed by atoms with van der Waals surface area (Å²) in [5.41, 5.74) is 0. The molecule has 1 heterocycles. The van der Waals surface area contributed by atoms with Crippen molar-refractivity contribution in [3.8, 4) is 0 Å². The second-order valence-electron chi connectivity index (χ2n) is 4.48. The average Bonchev–Trinajstić information content (AvgIpc) is 2.74. The van der Waals surface area contributed by atoms with Crippen molar-refractivity contribution in [2.75, 3.05) is 6.54 Å². The van der Waals surface area contributed by atoms with Crippen LogP contribution in [0, 0.1) is 0 Å². The van der Waals surface area contributed by atoms with Crippen molar-refractivity contribution in [2.24, 2.45) is 0 Å². The maximum absolute atomic E-state index is 12.8. The first-order valence-electron chi connectivity index (χ1n) is 5.48. The molecule has 0 aromatic carbocycles. The molecule has 2 N–H and O–H groups in total. The number of rotatable bonds is 2. The first-order valence-corrected chi connectivity index (χ1v) is 5.48. The summed E-state index contributed by atoms with van der Waals surface area (Å²) in [6, 6.07) is -0.505. The molecule has 0 aromatic heterocycles. The maximum atomic E-state index is 12.8. The van der Waals surface area contributed by atoms with Crippen molar-refractivity contribution in [1.29, 1.82) is 0 Å². The number of hydrogen-bond donors (Lipinski definition) is 2. The molecule has 6 heteroatoms. The summed E-state index contributed by atoms with van der Waals surface area (Å²) in [4.78, 5) is 11.6. The van der Waals surface area contributed by atoms with Crippen molar-refractivity contribution < 1.29 is 13.6 Å². The number of carbonyl (C=O) groups excluding carboxylic acids is 1. The molecule has 1 saturated heterocycles. The molecule has 2 aliphatic rings. The lowest BCUT2D eigenvalue weighted by Crippen LogP contribution is -2.44. The summed E-state index contributed by atoms with van der Waals surface area (Å²) in [5, 5.41) is 5.38. The second-order valence-corrected chi connectivity index (χ2v) is 4.48. The number of nitrogens with one attached hydrogen (secondary N) is 2. The van der Waals surface area contributed by atoms with Crippen LogP contribution < -0.4 is 10.6 Å². The molecule has 1 aliphatic heterocycles. The van der Waals surface area contributed by atoms with Crippen LogP contribution in [-0.4, -0.2) is 30.5 Å². The Hall–Kier alpha value is -0.420. The lowest BCUT2D eigenvalue weighted by atomic mass is 10.1. The fourth-order valence-electron chi connectivity index (χ4n) is 2.27. The molecule has 0 radical (unpaired) electrons. The molecule has 2 rings (SSSR count). The molecular weight excluding hydrogens is 238 g/mol. The van der Waals surface area contributed by atoms with Gasteiger partial charge in [0.1, 0.15) is 0 Å². The van der Waals surface area contributed by atoms with Crippen LogP contribution in [0.15, 0.2) is 0 Å². The van der Waals surface area contributed by atoms with Crippen LogP contribution in [0.25, 0.3) is 0 Å². The van der Waals surface area contributed by atoms with Gasteiger partial charge in [-0.05, 0) is 12.8 Å². The van der Waals surface area contributed by atoms with E-state index in [0.717, 1.165) is 25.7 Å². The molecule has 16 heavy (non-hydrogen) atoms. The topological polar surface area (TPSA) is 41.1 Å². The van der Waals surface area contributed by atoms with Crippen LogP contribution in [0.3, 0.4) is 0 Å². The molecule has 1 amide bonds. The Kier molecular flexibility index (Phi) is 4.50. The molecular formula is C10H17ClF2N2O. The van der Waals surface area contributed by atoms with Gasteiger partial charge in [0.15, 0.2) is 0 Å². The normalized spacial score (nSPS) is 28.8. The van der Waals surface area contributed by atoms with Crippen LogP contribution in [0.5, 0.6) is 0 Å². The summed E-state index contributed by atoms with van der Waals surface area (Å²) >= 11 is 0. The van der Waals surface area contributed by atoms with Crippen molar-refractivity contribution in [3.05, 3.63) is 0 Å². The van der Waals surface area contributed by atoms with E-state index in [9.17, 15) is 13.6 Å². The highest BCUT2D eigenvalue weighted by atomic mass is 35.5. The van der Waals surface area contributed by atoms with E-state index in [1.807, 2.05) is 0 Å². The molecule has 1 aliphatic carbocycles. The largest absolute Gasteiger partial charge is 0.352 e. The molecule has 2 fully saturated rings. The van der Waals surface area contributed by atoms with Gasteiger partial charge in [0, 0.05) is 12.5 Å². The Labute approximate surface area is 99.8 Å². The van der Waals surface area contributed by atoms with Crippen molar-refractivity contribution in [3.63, 3.8) is 0 Å². The fraction of sp³-hybridized carbons (Fsp3) is 0.900. The highest BCUT2D eigenvalue weighted by Crippen LogP contribution is 2.25. The van der Waals surface area contributed by atoms with Crippen LogP contribution >= 0.6 is 12.4 Å². The van der Waals surface area contributed by atoms with Gasteiger partial charge in [-0.3, -0.25) is 10.1 Å². The minimum absolute atomic E-state index is 0. The zero-order valence-corrected chi connectivity index (χ0v) is 9.79. The van der Waals surface area contributed by atoms with Crippen LogP contribution in [0.4, 0.5) is 8.78 Å². The number of halogens is 3. The Morgan fingerprint density at radius 3 is 2.44 bits per heavy atom. The number of hydrogen-bond acceptors (Lipinski definition) is 2. The Balaban J connectivity index is 0.00000128. The van der Waals surface area contributed by atoms with Crippen LogP contribution in [0.2, 0.25) is 0 Å². The molecule has 3 nitrogen and oxygen atoms in total. The van der Waals surface area contributed by atoms with E-state index in [1.54, 1.807) is 0 Å². The predicted molar refractivity (Wildman–Crippen MR) is 59.0 cm³/mol. The SMILES string of the molecule is Cl.O=C(NC1CCCC1)C1CC(F)(F)CN1. The van der Waals surface area contributed by atoms with Gasteiger partial charge in [-0.2, -0.15) is 0 Å². The van der Waals surface area contributed by atoms with Gasteiger partial charge in [0.2, 0.25) is 5.91 Å². The van der Waals surface area contributed by atoms with Gasteiger partial charge in [-0.1, -0.05) is 12.8 Å². The highest BCUT2D eigenvalue weighted by Gasteiger charge is 2.42. The summed E-state index contributed by atoms with van der Waals surface area (Å²) in [6.45, 7) is -0.379. The lowest BCUT2D eigenvalue weighted by molar-refractivity contribution is -0.124. The molecule has 0 aromatic rings. The summed E-state index contributed by atoms with van der Waals surface area (Å²) < 4.78 is 25.7. The van der Waals surface area contributed by atoms with Gasteiger partial charge >= 0.3 is 0 Å². The monoisotopic (exact) mass is 254 g/mol. The fourth-order valence-corrected chi connectivity index (χ4v) is 2.27. The average molecular weight is 255 g/mol.